The lowest BCUT2D eigenvalue weighted by atomic mass is 10.0. The van der Waals surface area contributed by atoms with Gasteiger partial charge in [-0.15, -0.1) is 0 Å². The number of hydrogen-bond donors (Lipinski definition) is 0. The fraction of sp³-hybridized carbons (Fsp3) is 0.292. The molecule has 0 N–H and O–H groups in total. The van der Waals surface area contributed by atoms with E-state index in [1.807, 2.05) is 58.0 Å². The van der Waals surface area contributed by atoms with E-state index >= 15 is 0 Å². The molecule has 0 bridgehead atoms. The van der Waals surface area contributed by atoms with E-state index in [4.69, 9.17) is 4.98 Å². The highest BCUT2D eigenvalue weighted by atomic mass is 16.2. The fourth-order valence-electron chi connectivity index (χ4n) is 4.40. The predicted octanol–water partition coefficient (Wildman–Crippen LogP) is 3.71. The molecule has 1 amide bonds. The number of hydrogen-bond acceptors (Lipinski definition) is 3. The molecule has 0 saturated carbocycles. The van der Waals surface area contributed by atoms with Gasteiger partial charge in [0.1, 0.15) is 17.0 Å². The van der Waals surface area contributed by atoms with Crippen LogP contribution in [0.5, 0.6) is 0 Å². The summed E-state index contributed by atoms with van der Waals surface area (Å²) >= 11 is 0. The van der Waals surface area contributed by atoms with Crippen molar-refractivity contribution in [2.24, 2.45) is 0 Å². The number of aromatic nitrogens is 3. The lowest BCUT2D eigenvalue weighted by molar-refractivity contribution is 0.0625. The number of rotatable bonds is 3. The number of nitrogens with zero attached hydrogens (tertiary/aromatic N) is 4. The Morgan fingerprint density at radius 2 is 1.90 bits per heavy atom. The normalized spacial score (nSPS) is 17.0. The number of pyridine rings is 1. The molecule has 1 aliphatic heterocycles. The van der Waals surface area contributed by atoms with Gasteiger partial charge < -0.3 is 9.47 Å². The molecule has 1 saturated heterocycles. The summed E-state index contributed by atoms with van der Waals surface area (Å²) in [5.74, 6) is -0.0235. The van der Waals surface area contributed by atoms with Crippen molar-refractivity contribution in [1.29, 1.82) is 0 Å². The van der Waals surface area contributed by atoms with Gasteiger partial charge in [-0.25, -0.2) is 4.98 Å². The van der Waals surface area contributed by atoms with Crippen molar-refractivity contribution in [3.8, 4) is 0 Å². The highest BCUT2D eigenvalue weighted by molar-refractivity contribution is 5.98. The average Bonchev–Trinajstić information content (AvgIpc) is 3.13. The van der Waals surface area contributed by atoms with E-state index in [9.17, 15) is 9.59 Å². The SMILES string of the molecule is C[C@@H]1CCCCN1C(=O)c1cc2c(=O)n3ccccc3nc2n1Cc1ccccc1. The zero-order chi connectivity index (χ0) is 20.7. The first-order chi connectivity index (χ1) is 14.6. The Kier molecular flexibility index (Phi) is 4.62. The number of piperidine rings is 1. The minimum atomic E-state index is -0.150. The summed E-state index contributed by atoms with van der Waals surface area (Å²) in [6.45, 7) is 3.34. The van der Waals surface area contributed by atoms with Gasteiger partial charge in [-0.05, 0) is 49.9 Å². The third-order valence-corrected chi connectivity index (χ3v) is 6.04. The smallest absolute Gasteiger partial charge is 0.270 e. The molecule has 1 atom stereocenters. The van der Waals surface area contributed by atoms with Gasteiger partial charge in [0.05, 0.1) is 5.39 Å². The van der Waals surface area contributed by atoms with E-state index in [0.717, 1.165) is 31.4 Å². The van der Waals surface area contributed by atoms with Crippen LogP contribution in [0.25, 0.3) is 16.7 Å². The molecule has 152 valence electrons. The monoisotopic (exact) mass is 400 g/mol. The molecule has 0 aliphatic carbocycles. The Morgan fingerprint density at radius 1 is 1.10 bits per heavy atom. The molecule has 3 aromatic heterocycles. The molecule has 0 radical (unpaired) electrons. The predicted molar refractivity (Wildman–Crippen MR) is 117 cm³/mol. The van der Waals surface area contributed by atoms with E-state index < -0.39 is 0 Å². The second kappa shape index (κ2) is 7.44. The molecule has 4 heterocycles. The second-order valence-corrected chi connectivity index (χ2v) is 8.03. The quantitative estimate of drug-likeness (QED) is 0.527. The first-order valence-corrected chi connectivity index (χ1v) is 10.5. The number of carbonyl (C=O) groups excluding carboxylic acids is 1. The summed E-state index contributed by atoms with van der Waals surface area (Å²) in [6, 6.07) is 17.4. The fourth-order valence-corrected chi connectivity index (χ4v) is 4.40. The Morgan fingerprint density at radius 3 is 2.70 bits per heavy atom. The van der Waals surface area contributed by atoms with Gasteiger partial charge >= 0.3 is 0 Å². The van der Waals surface area contributed by atoms with Gasteiger partial charge in [0, 0.05) is 25.3 Å². The number of carbonyl (C=O) groups is 1. The molecule has 0 spiro atoms. The van der Waals surface area contributed by atoms with Crippen molar-refractivity contribution < 1.29 is 4.79 Å². The molecular weight excluding hydrogens is 376 g/mol. The van der Waals surface area contributed by atoms with E-state index in [2.05, 4.69) is 6.92 Å². The number of amides is 1. The summed E-state index contributed by atoms with van der Waals surface area (Å²) < 4.78 is 3.44. The Hall–Kier alpha value is -3.41. The first kappa shape index (κ1) is 18.6. The summed E-state index contributed by atoms with van der Waals surface area (Å²) in [7, 11) is 0. The van der Waals surface area contributed by atoms with Crippen molar-refractivity contribution in [2.75, 3.05) is 6.54 Å². The lowest BCUT2D eigenvalue weighted by Gasteiger charge is -2.33. The van der Waals surface area contributed by atoms with Crippen LogP contribution < -0.4 is 5.56 Å². The van der Waals surface area contributed by atoms with Crippen LogP contribution in [0.2, 0.25) is 0 Å². The van der Waals surface area contributed by atoms with Crippen LogP contribution in [-0.4, -0.2) is 37.3 Å². The van der Waals surface area contributed by atoms with Gasteiger partial charge in [0.2, 0.25) is 0 Å². The molecule has 1 aliphatic rings. The van der Waals surface area contributed by atoms with Gasteiger partial charge in [-0.3, -0.25) is 14.0 Å². The molecule has 30 heavy (non-hydrogen) atoms. The molecule has 6 nitrogen and oxygen atoms in total. The largest absolute Gasteiger partial charge is 0.335 e. The van der Waals surface area contributed by atoms with Crippen LogP contribution in [0.3, 0.4) is 0 Å². The summed E-state index contributed by atoms with van der Waals surface area (Å²) in [4.78, 5) is 33.4. The second-order valence-electron chi connectivity index (χ2n) is 8.03. The molecule has 0 unspecified atom stereocenters. The van der Waals surface area contributed by atoms with E-state index in [1.165, 1.54) is 4.40 Å². The number of fused-ring (bicyclic) bond motifs is 2. The van der Waals surface area contributed by atoms with Crippen LogP contribution in [0.4, 0.5) is 0 Å². The Labute approximate surface area is 174 Å². The lowest BCUT2D eigenvalue weighted by Crippen LogP contribution is -2.42. The zero-order valence-electron chi connectivity index (χ0n) is 17.0. The minimum absolute atomic E-state index is 0.0235. The number of benzene rings is 1. The maximum absolute atomic E-state index is 13.6. The van der Waals surface area contributed by atoms with Gasteiger partial charge in [-0.1, -0.05) is 36.4 Å². The van der Waals surface area contributed by atoms with Crippen LogP contribution in [0, 0.1) is 0 Å². The average molecular weight is 400 g/mol. The molecule has 4 aromatic rings. The van der Waals surface area contributed by atoms with Crippen molar-refractivity contribution in [1.82, 2.24) is 18.9 Å². The van der Waals surface area contributed by atoms with Crippen molar-refractivity contribution in [2.45, 2.75) is 38.8 Å². The molecule has 1 aromatic carbocycles. The van der Waals surface area contributed by atoms with Crippen LogP contribution >= 0.6 is 0 Å². The third-order valence-electron chi connectivity index (χ3n) is 6.04. The van der Waals surface area contributed by atoms with Gasteiger partial charge in [-0.2, -0.15) is 0 Å². The topological polar surface area (TPSA) is 59.6 Å². The van der Waals surface area contributed by atoms with Gasteiger partial charge in [0.25, 0.3) is 11.5 Å². The van der Waals surface area contributed by atoms with E-state index in [1.54, 1.807) is 12.3 Å². The van der Waals surface area contributed by atoms with Crippen molar-refractivity contribution >= 4 is 22.6 Å². The van der Waals surface area contributed by atoms with Crippen LogP contribution in [0.15, 0.2) is 65.6 Å². The summed E-state index contributed by atoms with van der Waals surface area (Å²) in [5, 5.41) is 0.475. The Bertz CT molecular complexity index is 1290. The van der Waals surface area contributed by atoms with Crippen molar-refractivity contribution in [3.63, 3.8) is 0 Å². The van der Waals surface area contributed by atoms with Gasteiger partial charge in [0.15, 0.2) is 0 Å². The van der Waals surface area contributed by atoms with Crippen LogP contribution in [-0.2, 0) is 6.54 Å². The van der Waals surface area contributed by atoms with Crippen molar-refractivity contribution in [3.05, 3.63) is 82.4 Å². The third kappa shape index (κ3) is 3.09. The maximum atomic E-state index is 13.6. The van der Waals surface area contributed by atoms with E-state index in [0.29, 0.717) is 28.9 Å². The molecule has 1 fully saturated rings. The molecule has 5 rings (SSSR count). The van der Waals surface area contributed by atoms with E-state index in [-0.39, 0.29) is 17.5 Å². The molecule has 6 heteroatoms. The maximum Gasteiger partial charge on any atom is 0.270 e. The molecular formula is C24H24N4O2. The highest BCUT2D eigenvalue weighted by Crippen LogP contribution is 2.24. The summed E-state index contributed by atoms with van der Waals surface area (Å²) in [6.07, 6.45) is 4.88. The highest BCUT2D eigenvalue weighted by Gasteiger charge is 2.28. The minimum Gasteiger partial charge on any atom is -0.335 e. The zero-order valence-corrected chi connectivity index (χ0v) is 17.0. The first-order valence-electron chi connectivity index (χ1n) is 10.5. The standard InChI is InChI=1S/C24H24N4O2/c1-17-9-5-7-13-26(17)24(30)20-15-19-22(28(20)16-18-10-3-2-4-11-18)25-21-12-6-8-14-27(21)23(19)29/h2-4,6,8,10-12,14-15,17H,5,7,9,13,16H2,1H3/t17-/m1/s1. The van der Waals surface area contributed by atoms with Crippen LogP contribution in [0.1, 0.15) is 42.2 Å². The Balaban J connectivity index is 1.72. The summed E-state index contributed by atoms with van der Waals surface area (Å²) in [5.41, 5.74) is 2.58. The number of likely N-dealkylation sites (tertiary alicyclic amines) is 1.